The standard InChI is InChI=1S/C23H18N2O4/c26-23(27)14-7-5-13(6-8-14)22-19-11-15-3-1-2-4-17(15)21(19)18-12-16(25(28)29)9-10-20(18)24-22/h1-10,12,19,21-22,24H,11H2,(H,26,27)/p-1/t19-,21+,22-/m1/s1. The van der Waals surface area contributed by atoms with Crippen molar-refractivity contribution in [2.24, 2.45) is 5.92 Å². The maximum absolute atomic E-state index is 11.3. The van der Waals surface area contributed by atoms with Crippen molar-refractivity contribution in [3.05, 3.63) is 105 Å². The van der Waals surface area contributed by atoms with Crippen LogP contribution in [0.1, 0.15) is 44.6 Å². The van der Waals surface area contributed by atoms with Crippen LogP contribution >= 0.6 is 0 Å². The van der Waals surface area contributed by atoms with Crippen LogP contribution in [0.25, 0.3) is 0 Å². The van der Waals surface area contributed by atoms with Gasteiger partial charge in [0.2, 0.25) is 0 Å². The molecule has 0 aromatic heterocycles. The van der Waals surface area contributed by atoms with Gasteiger partial charge in [-0.2, -0.15) is 0 Å². The van der Waals surface area contributed by atoms with E-state index < -0.39 is 5.97 Å². The second-order valence-electron chi connectivity index (χ2n) is 7.60. The van der Waals surface area contributed by atoms with Crippen molar-refractivity contribution in [3.8, 4) is 0 Å². The zero-order chi connectivity index (χ0) is 20.1. The number of carboxylic acids is 1. The lowest BCUT2D eigenvalue weighted by Gasteiger charge is -2.38. The van der Waals surface area contributed by atoms with E-state index in [4.69, 9.17) is 0 Å². The summed E-state index contributed by atoms with van der Waals surface area (Å²) in [6.45, 7) is 0. The average Bonchev–Trinajstić information content (AvgIpc) is 3.12. The predicted molar refractivity (Wildman–Crippen MR) is 106 cm³/mol. The predicted octanol–water partition coefficient (Wildman–Crippen LogP) is 3.43. The Labute approximate surface area is 167 Å². The number of rotatable bonds is 3. The zero-order valence-corrected chi connectivity index (χ0v) is 15.4. The summed E-state index contributed by atoms with van der Waals surface area (Å²) in [7, 11) is 0. The molecule has 1 heterocycles. The normalized spacial score (nSPS) is 21.4. The SMILES string of the molecule is O=C([O-])c1ccc([C@H]2Nc3ccc([N+](=O)[O-])cc3[C@@H]3c4ccccc4C[C@H]32)cc1. The molecule has 0 saturated heterocycles. The Hall–Kier alpha value is -3.67. The van der Waals surface area contributed by atoms with Crippen molar-refractivity contribution < 1.29 is 14.8 Å². The monoisotopic (exact) mass is 385 g/mol. The largest absolute Gasteiger partial charge is 0.545 e. The number of anilines is 1. The third-order valence-electron chi connectivity index (χ3n) is 6.10. The molecular formula is C23H17N2O4-. The minimum absolute atomic E-state index is 0.0304. The molecular weight excluding hydrogens is 368 g/mol. The summed E-state index contributed by atoms with van der Waals surface area (Å²) in [6.07, 6.45) is 0.850. The van der Waals surface area contributed by atoms with Gasteiger partial charge in [-0.25, -0.2) is 0 Å². The molecule has 5 rings (SSSR count). The molecule has 3 aromatic carbocycles. The number of nitrogens with zero attached hydrogens (tertiary/aromatic N) is 1. The molecule has 0 bridgehead atoms. The van der Waals surface area contributed by atoms with E-state index in [2.05, 4.69) is 17.4 Å². The van der Waals surface area contributed by atoms with Gasteiger partial charge >= 0.3 is 0 Å². The van der Waals surface area contributed by atoms with E-state index in [1.165, 1.54) is 17.2 Å². The number of aromatic carboxylic acids is 1. The van der Waals surface area contributed by atoms with Crippen LogP contribution in [0.15, 0.2) is 66.7 Å². The number of carbonyl (C=O) groups excluding carboxylic acids is 1. The highest BCUT2D eigenvalue weighted by Gasteiger charge is 2.43. The molecule has 29 heavy (non-hydrogen) atoms. The molecule has 3 aromatic rings. The zero-order valence-electron chi connectivity index (χ0n) is 15.4. The highest BCUT2D eigenvalue weighted by atomic mass is 16.6. The third-order valence-corrected chi connectivity index (χ3v) is 6.10. The summed E-state index contributed by atoms with van der Waals surface area (Å²) >= 11 is 0. The minimum Gasteiger partial charge on any atom is -0.545 e. The molecule has 6 heteroatoms. The van der Waals surface area contributed by atoms with Gasteiger partial charge < -0.3 is 15.2 Å². The molecule has 2 aliphatic rings. The van der Waals surface area contributed by atoms with Gasteiger partial charge in [0.15, 0.2) is 0 Å². The van der Waals surface area contributed by atoms with E-state index in [0.717, 1.165) is 23.2 Å². The lowest BCUT2D eigenvalue weighted by atomic mass is 9.75. The topological polar surface area (TPSA) is 95.3 Å². The van der Waals surface area contributed by atoms with Gasteiger partial charge in [0.05, 0.1) is 16.9 Å². The van der Waals surface area contributed by atoms with Gasteiger partial charge in [0.25, 0.3) is 5.69 Å². The number of nitro groups is 1. The Morgan fingerprint density at radius 3 is 2.48 bits per heavy atom. The van der Waals surface area contributed by atoms with Crippen molar-refractivity contribution in [2.75, 3.05) is 5.32 Å². The van der Waals surface area contributed by atoms with Crippen LogP contribution in [-0.2, 0) is 6.42 Å². The Kier molecular flexibility index (Phi) is 3.87. The Bertz CT molecular complexity index is 1140. The van der Waals surface area contributed by atoms with E-state index in [1.54, 1.807) is 24.3 Å². The fraction of sp³-hybridized carbons (Fsp3) is 0.174. The number of fused-ring (bicyclic) bond motifs is 5. The smallest absolute Gasteiger partial charge is 0.269 e. The number of hydrogen-bond acceptors (Lipinski definition) is 5. The molecule has 3 atom stereocenters. The van der Waals surface area contributed by atoms with Crippen LogP contribution in [0.4, 0.5) is 11.4 Å². The quantitative estimate of drug-likeness (QED) is 0.550. The van der Waals surface area contributed by atoms with Crippen LogP contribution < -0.4 is 10.4 Å². The lowest BCUT2D eigenvalue weighted by Crippen LogP contribution is -2.30. The molecule has 0 spiro atoms. The second kappa shape index (κ2) is 6.44. The minimum atomic E-state index is -1.20. The van der Waals surface area contributed by atoms with Gasteiger partial charge in [-0.15, -0.1) is 0 Å². The van der Waals surface area contributed by atoms with Crippen molar-refractivity contribution in [1.82, 2.24) is 0 Å². The van der Waals surface area contributed by atoms with Crippen molar-refractivity contribution in [3.63, 3.8) is 0 Å². The summed E-state index contributed by atoms with van der Waals surface area (Å²) in [6, 6.07) is 19.9. The first-order chi connectivity index (χ1) is 14.0. The fourth-order valence-electron chi connectivity index (χ4n) is 4.82. The van der Waals surface area contributed by atoms with Gasteiger partial charge in [0.1, 0.15) is 0 Å². The second-order valence-corrected chi connectivity index (χ2v) is 7.60. The average molecular weight is 385 g/mol. The lowest BCUT2D eigenvalue weighted by molar-refractivity contribution is -0.384. The molecule has 0 saturated carbocycles. The number of carbonyl (C=O) groups is 1. The number of hydrogen-bond donors (Lipinski definition) is 1. The maximum atomic E-state index is 11.3. The van der Waals surface area contributed by atoms with Crippen LogP contribution in [0.3, 0.4) is 0 Å². The summed E-state index contributed by atoms with van der Waals surface area (Å²) in [5.41, 5.74) is 5.50. The summed E-state index contributed by atoms with van der Waals surface area (Å²) in [5, 5.41) is 26.0. The van der Waals surface area contributed by atoms with Crippen LogP contribution in [0, 0.1) is 16.0 Å². The first-order valence-electron chi connectivity index (χ1n) is 9.47. The first-order valence-corrected chi connectivity index (χ1v) is 9.47. The molecule has 0 fully saturated rings. The van der Waals surface area contributed by atoms with Crippen LogP contribution in [0.2, 0.25) is 0 Å². The number of nitrogens with one attached hydrogen (secondary N) is 1. The van der Waals surface area contributed by atoms with Crippen LogP contribution in [0.5, 0.6) is 0 Å². The van der Waals surface area contributed by atoms with Gasteiger partial charge in [-0.3, -0.25) is 10.1 Å². The van der Waals surface area contributed by atoms with E-state index >= 15 is 0 Å². The summed E-state index contributed by atoms with van der Waals surface area (Å²) < 4.78 is 0. The first kappa shape index (κ1) is 17.4. The van der Waals surface area contributed by atoms with Crippen molar-refractivity contribution >= 4 is 17.3 Å². The van der Waals surface area contributed by atoms with E-state index in [0.29, 0.717) is 0 Å². The summed E-state index contributed by atoms with van der Waals surface area (Å²) in [5.74, 6) is -0.971. The van der Waals surface area contributed by atoms with Crippen LogP contribution in [-0.4, -0.2) is 10.9 Å². The number of nitro benzene ring substituents is 1. The fourth-order valence-corrected chi connectivity index (χ4v) is 4.82. The number of carboxylic acid groups (broad SMARTS) is 1. The molecule has 1 aliphatic carbocycles. The molecule has 0 radical (unpaired) electrons. The number of non-ortho nitro benzene ring substituents is 1. The molecule has 0 unspecified atom stereocenters. The van der Waals surface area contributed by atoms with E-state index in [-0.39, 0.29) is 34.1 Å². The summed E-state index contributed by atoms with van der Waals surface area (Å²) in [4.78, 5) is 22.1. The molecule has 6 nitrogen and oxygen atoms in total. The molecule has 1 aliphatic heterocycles. The van der Waals surface area contributed by atoms with E-state index in [1.807, 2.05) is 24.3 Å². The maximum Gasteiger partial charge on any atom is 0.269 e. The highest BCUT2D eigenvalue weighted by Crippen LogP contribution is 2.54. The number of benzene rings is 3. The molecule has 1 N–H and O–H groups in total. The molecule has 144 valence electrons. The van der Waals surface area contributed by atoms with Gasteiger partial charge in [0, 0.05) is 23.7 Å². The molecule has 0 amide bonds. The Balaban J connectivity index is 1.64. The van der Waals surface area contributed by atoms with E-state index in [9.17, 15) is 20.0 Å². The Morgan fingerprint density at radius 1 is 1.00 bits per heavy atom. The Morgan fingerprint density at radius 2 is 1.76 bits per heavy atom. The highest BCUT2D eigenvalue weighted by molar-refractivity contribution is 5.85. The van der Waals surface area contributed by atoms with Gasteiger partial charge in [-0.1, -0.05) is 48.5 Å². The van der Waals surface area contributed by atoms with Crippen molar-refractivity contribution in [1.29, 1.82) is 0 Å². The van der Waals surface area contributed by atoms with Gasteiger partial charge in [-0.05, 0) is 46.2 Å². The van der Waals surface area contributed by atoms with Crippen molar-refractivity contribution in [2.45, 2.75) is 18.4 Å². The third kappa shape index (κ3) is 2.76.